The minimum absolute atomic E-state index is 0.0204. The predicted octanol–water partition coefficient (Wildman–Crippen LogP) is 5.47. The molecule has 0 saturated carbocycles. The first-order valence-electron chi connectivity index (χ1n) is 8.64. The summed E-state index contributed by atoms with van der Waals surface area (Å²) in [5, 5.41) is -0.0936. The number of halogens is 3. The Hall–Kier alpha value is -1.34. The zero-order valence-electron chi connectivity index (χ0n) is 16.9. The Kier molecular flexibility index (Phi) is 9.06. The summed E-state index contributed by atoms with van der Waals surface area (Å²) < 4.78 is 45.6. The van der Waals surface area contributed by atoms with Crippen LogP contribution in [0.3, 0.4) is 0 Å². The molecular formula is C19H32F3NO2Si. The molecule has 0 bridgehead atoms. The summed E-state index contributed by atoms with van der Waals surface area (Å²) in [5.41, 5.74) is 0. The molecule has 0 aromatic carbocycles. The van der Waals surface area contributed by atoms with Crippen LogP contribution in [0.1, 0.15) is 34.6 Å². The van der Waals surface area contributed by atoms with Crippen LogP contribution in [0.2, 0.25) is 18.1 Å². The monoisotopic (exact) mass is 391 g/mol. The van der Waals surface area contributed by atoms with Crippen molar-refractivity contribution in [2.24, 2.45) is 0 Å². The maximum atomic E-state index is 13.2. The molecule has 0 aromatic heterocycles. The third-order valence-corrected chi connectivity index (χ3v) is 9.13. The van der Waals surface area contributed by atoms with Gasteiger partial charge in [-0.2, -0.15) is 13.2 Å². The van der Waals surface area contributed by atoms with Crippen LogP contribution in [0.25, 0.3) is 0 Å². The van der Waals surface area contributed by atoms with Crippen LogP contribution in [0.15, 0.2) is 37.0 Å². The average molecular weight is 392 g/mol. The van der Waals surface area contributed by atoms with Gasteiger partial charge >= 0.3 is 12.1 Å². The first-order chi connectivity index (χ1) is 11.7. The second kappa shape index (κ2) is 9.55. The van der Waals surface area contributed by atoms with Crippen molar-refractivity contribution < 1.29 is 22.4 Å². The van der Waals surface area contributed by atoms with E-state index in [1.807, 2.05) is 33.9 Å². The molecule has 0 heterocycles. The van der Waals surface area contributed by atoms with E-state index in [-0.39, 0.29) is 11.6 Å². The number of rotatable bonds is 8. The molecule has 0 aliphatic carbocycles. The zero-order chi connectivity index (χ0) is 20.8. The second-order valence-electron chi connectivity index (χ2n) is 7.63. The van der Waals surface area contributed by atoms with E-state index in [2.05, 4.69) is 6.58 Å². The summed E-state index contributed by atoms with van der Waals surface area (Å²) >= 11 is 0. The molecule has 0 aliphatic heterocycles. The van der Waals surface area contributed by atoms with Crippen molar-refractivity contribution >= 4 is 14.2 Å². The molecule has 0 aromatic rings. The van der Waals surface area contributed by atoms with E-state index in [0.717, 1.165) is 4.90 Å². The SMILES string of the molecule is C=C[C@H](CO[Si](C)(C)C(C)(C)C)N(C(=O)C(F)(F)F)C(/C=C/C)/C=C/C. The number of amides is 1. The summed E-state index contributed by atoms with van der Waals surface area (Å²) in [7, 11) is -2.19. The smallest absolute Gasteiger partial charge is 0.414 e. The molecule has 0 unspecified atom stereocenters. The minimum atomic E-state index is -4.97. The van der Waals surface area contributed by atoms with E-state index >= 15 is 0 Å². The molecule has 0 fully saturated rings. The van der Waals surface area contributed by atoms with Crippen LogP contribution in [-0.4, -0.2) is 44.0 Å². The standard InChI is InChI=1S/C19H32F3NO2Si/c1-9-12-16(13-10-2)23(17(24)19(20,21)22)15(11-3)14-25-26(7,8)18(4,5)6/h9-13,15-16H,3,14H2,1-2,4-8H3/b12-9+,13-10+/t15-/m1/s1. The lowest BCUT2D eigenvalue weighted by Crippen LogP contribution is -2.53. The van der Waals surface area contributed by atoms with Gasteiger partial charge in [0.25, 0.3) is 0 Å². The Morgan fingerprint density at radius 1 is 1.15 bits per heavy atom. The van der Waals surface area contributed by atoms with Crippen molar-refractivity contribution in [2.75, 3.05) is 6.61 Å². The molecule has 0 saturated heterocycles. The van der Waals surface area contributed by atoms with Crippen LogP contribution in [0, 0.1) is 0 Å². The van der Waals surface area contributed by atoms with Gasteiger partial charge in [0.15, 0.2) is 8.32 Å². The Balaban J connectivity index is 5.82. The lowest BCUT2D eigenvalue weighted by atomic mass is 10.1. The summed E-state index contributed by atoms with van der Waals surface area (Å²) in [6, 6.07) is -1.72. The highest BCUT2D eigenvalue weighted by Crippen LogP contribution is 2.37. The number of carbonyl (C=O) groups excluding carboxylic acids is 1. The normalized spacial score (nSPS) is 15.0. The van der Waals surface area contributed by atoms with Crippen molar-refractivity contribution in [1.82, 2.24) is 4.90 Å². The topological polar surface area (TPSA) is 29.5 Å². The van der Waals surface area contributed by atoms with Crippen LogP contribution in [-0.2, 0) is 9.22 Å². The van der Waals surface area contributed by atoms with Crippen LogP contribution in [0.5, 0.6) is 0 Å². The molecular weight excluding hydrogens is 359 g/mol. The lowest BCUT2D eigenvalue weighted by Gasteiger charge is -2.40. The maximum absolute atomic E-state index is 13.2. The van der Waals surface area contributed by atoms with Gasteiger partial charge < -0.3 is 9.33 Å². The molecule has 0 N–H and O–H groups in total. The van der Waals surface area contributed by atoms with Crippen LogP contribution < -0.4 is 0 Å². The molecule has 1 atom stereocenters. The van der Waals surface area contributed by atoms with Gasteiger partial charge in [-0.15, -0.1) is 6.58 Å². The van der Waals surface area contributed by atoms with Gasteiger partial charge in [0.1, 0.15) is 0 Å². The van der Waals surface area contributed by atoms with E-state index in [0.29, 0.717) is 0 Å². The van der Waals surface area contributed by atoms with Crippen molar-refractivity contribution in [3.05, 3.63) is 37.0 Å². The van der Waals surface area contributed by atoms with Gasteiger partial charge in [0.2, 0.25) is 0 Å². The van der Waals surface area contributed by atoms with E-state index in [9.17, 15) is 18.0 Å². The second-order valence-corrected chi connectivity index (χ2v) is 12.4. The van der Waals surface area contributed by atoms with Gasteiger partial charge in [-0.1, -0.05) is 51.2 Å². The Morgan fingerprint density at radius 2 is 1.62 bits per heavy atom. The number of hydrogen-bond acceptors (Lipinski definition) is 2. The molecule has 0 rings (SSSR count). The average Bonchev–Trinajstić information content (AvgIpc) is 2.48. The molecule has 0 aliphatic rings. The third-order valence-electron chi connectivity index (χ3n) is 4.63. The first-order valence-corrected chi connectivity index (χ1v) is 11.5. The fraction of sp³-hybridized carbons (Fsp3) is 0.632. The summed E-state index contributed by atoms with van der Waals surface area (Å²) in [6.45, 7) is 17.2. The van der Waals surface area contributed by atoms with E-state index in [1.165, 1.54) is 6.08 Å². The number of alkyl halides is 3. The lowest BCUT2D eigenvalue weighted by molar-refractivity contribution is -0.188. The Labute approximate surface area is 156 Å². The van der Waals surface area contributed by atoms with Gasteiger partial charge in [-0.05, 0) is 32.0 Å². The quantitative estimate of drug-likeness (QED) is 0.405. The highest BCUT2D eigenvalue weighted by molar-refractivity contribution is 6.74. The summed E-state index contributed by atoms with van der Waals surface area (Å²) in [5.74, 6) is -1.90. The Morgan fingerprint density at radius 3 is 1.92 bits per heavy atom. The Bertz CT molecular complexity index is 522. The first kappa shape index (κ1) is 24.7. The van der Waals surface area contributed by atoms with Gasteiger partial charge in [-0.25, -0.2) is 0 Å². The largest absolute Gasteiger partial charge is 0.471 e. The molecule has 7 heteroatoms. The van der Waals surface area contributed by atoms with Crippen molar-refractivity contribution in [3.8, 4) is 0 Å². The zero-order valence-corrected chi connectivity index (χ0v) is 17.9. The van der Waals surface area contributed by atoms with Crippen molar-refractivity contribution in [3.63, 3.8) is 0 Å². The van der Waals surface area contributed by atoms with Crippen LogP contribution >= 0.6 is 0 Å². The molecule has 3 nitrogen and oxygen atoms in total. The fourth-order valence-electron chi connectivity index (χ4n) is 2.07. The van der Waals surface area contributed by atoms with Gasteiger partial charge in [0, 0.05) is 0 Å². The summed E-state index contributed by atoms with van der Waals surface area (Å²) in [4.78, 5) is 12.9. The van der Waals surface area contributed by atoms with E-state index in [4.69, 9.17) is 4.43 Å². The fourth-order valence-corrected chi connectivity index (χ4v) is 3.09. The van der Waals surface area contributed by atoms with E-state index in [1.54, 1.807) is 38.2 Å². The number of carbonyl (C=O) groups is 1. The molecule has 26 heavy (non-hydrogen) atoms. The number of nitrogens with zero attached hydrogens (tertiary/aromatic N) is 1. The molecule has 0 spiro atoms. The molecule has 150 valence electrons. The maximum Gasteiger partial charge on any atom is 0.471 e. The third kappa shape index (κ3) is 6.76. The van der Waals surface area contributed by atoms with Crippen molar-refractivity contribution in [1.29, 1.82) is 0 Å². The minimum Gasteiger partial charge on any atom is -0.414 e. The highest BCUT2D eigenvalue weighted by Gasteiger charge is 2.46. The predicted molar refractivity (Wildman–Crippen MR) is 103 cm³/mol. The van der Waals surface area contributed by atoms with E-state index < -0.39 is 32.5 Å². The highest BCUT2D eigenvalue weighted by atomic mass is 28.4. The van der Waals surface area contributed by atoms with Crippen molar-refractivity contribution in [2.45, 2.75) is 71.0 Å². The van der Waals surface area contributed by atoms with Crippen LogP contribution in [0.4, 0.5) is 13.2 Å². The van der Waals surface area contributed by atoms with Gasteiger partial charge in [-0.3, -0.25) is 4.79 Å². The molecule has 0 radical (unpaired) electrons. The molecule has 1 amide bonds. The number of allylic oxidation sites excluding steroid dienone is 2. The summed E-state index contributed by atoms with van der Waals surface area (Å²) in [6.07, 6.45) is 2.71. The van der Waals surface area contributed by atoms with Gasteiger partial charge in [0.05, 0.1) is 18.7 Å². The number of hydrogen-bond donors (Lipinski definition) is 0.